The number of hydrogen-bond donors (Lipinski definition) is 4. The van der Waals surface area contributed by atoms with Gasteiger partial charge in [-0.05, 0) is 0 Å². The lowest BCUT2D eigenvalue weighted by Gasteiger charge is -2.32. The molecule has 110 valence electrons. The second-order valence-corrected chi connectivity index (χ2v) is 5.03. The largest absolute Gasteiger partial charge is 0.555 e. The van der Waals surface area contributed by atoms with E-state index in [0.717, 1.165) is 0 Å². The van der Waals surface area contributed by atoms with Crippen LogP contribution in [0.1, 0.15) is 0 Å². The van der Waals surface area contributed by atoms with Crippen LogP contribution >= 0.6 is 0 Å². The Morgan fingerprint density at radius 1 is 1.20 bits per heavy atom. The molecule has 2 heterocycles. The SMILES string of the molecule is OCC(O)C1OC2O[B-](O)(c3ccccc3)OC2C1O. The predicted molar refractivity (Wildman–Crippen MR) is 67.8 cm³/mol. The summed E-state index contributed by atoms with van der Waals surface area (Å²) >= 11 is 0. The normalized spacial score (nSPS) is 41.6. The Morgan fingerprint density at radius 3 is 2.50 bits per heavy atom. The molecular formula is C12H16BO7-. The topological polar surface area (TPSA) is 109 Å². The molecule has 2 aliphatic rings. The van der Waals surface area contributed by atoms with E-state index >= 15 is 0 Å². The molecule has 6 unspecified atom stereocenters. The van der Waals surface area contributed by atoms with Crippen molar-refractivity contribution in [2.24, 2.45) is 0 Å². The van der Waals surface area contributed by atoms with Crippen LogP contribution < -0.4 is 5.46 Å². The molecule has 1 aromatic rings. The lowest BCUT2D eigenvalue weighted by molar-refractivity contribution is -0.130. The average molecular weight is 283 g/mol. The van der Waals surface area contributed by atoms with Crippen LogP contribution in [-0.2, 0) is 14.0 Å². The minimum Gasteiger partial charge on any atom is -0.555 e. The molecule has 8 heteroatoms. The maximum absolute atomic E-state index is 10.4. The predicted octanol–water partition coefficient (Wildman–Crippen LogP) is -2.32. The zero-order chi connectivity index (χ0) is 14.3. The van der Waals surface area contributed by atoms with Crippen LogP contribution in [0.15, 0.2) is 30.3 Å². The Hall–Kier alpha value is -0.995. The van der Waals surface area contributed by atoms with Gasteiger partial charge in [-0.3, -0.25) is 0 Å². The number of aliphatic hydroxyl groups is 3. The lowest BCUT2D eigenvalue weighted by atomic mass is 9.70. The van der Waals surface area contributed by atoms with Crippen LogP contribution in [-0.4, -0.2) is 64.4 Å². The van der Waals surface area contributed by atoms with Gasteiger partial charge >= 0.3 is 6.75 Å². The highest BCUT2D eigenvalue weighted by molar-refractivity contribution is 6.74. The molecular weight excluding hydrogens is 267 g/mol. The third-order valence-electron chi connectivity index (χ3n) is 3.68. The Kier molecular flexibility index (Phi) is 3.55. The first kappa shape index (κ1) is 14.0. The zero-order valence-electron chi connectivity index (χ0n) is 10.6. The molecule has 3 rings (SSSR count). The maximum Gasteiger partial charge on any atom is 0.409 e. The van der Waals surface area contributed by atoms with Gasteiger partial charge in [-0.25, -0.2) is 0 Å². The molecule has 0 bridgehead atoms. The van der Waals surface area contributed by atoms with Crippen LogP contribution in [0.3, 0.4) is 0 Å². The minimum absolute atomic E-state index is 0.442. The van der Waals surface area contributed by atoms with Crippen LogP contribution in [0.4, 0.5) is 0 Å². The summed E-state index contributed by atoms with van der Waals surface area (Å²) in [6.45, 7) is -3.26. The van der Waals surface area contributed by atoms with Crippen LogP contribution in [0.5, 0.6) is 0 Å². The van der Waals surface area contributed by atoms with E-state index in [1.165, 1.54) is 0 Å². The maximum atomic E-state index is 10.4. The monoisotopic (exact) mass is 283 g/mol. The fourth-order valence-electron chi connectivity index (χ4n) is 2.62. The molecule has 0 amide bonds. The number of hydrogen-bond acceptors (Lipinski definition) is 7. The van der Waals surface area contributed by atoms with Crippen molar-refractivity contribution in [3.05, 3.63) is 30.3 Å². The van der Waals surface area contributed by atoms with Crippen molar-refractivity contribution in [3.63, 3.8) is 0 Å². The van der Waals surface area contributed by atoms with Crippen molar-refractivity contribution < 1.29 is 34.4 Å². The summed E-state index contributed by atoms with van der Waals surface area (Å²) in [6.07, 6.45) is -5.33. The molecule has 6 atom stereocenters. The number of fused-ring (bicyclic) bond motifs is 1. The van der Waals surface area contributed by atoms with E-state index in [9.17, 15) is 15.2 Å². The second kappa shape index (κ2) is 5.08. The molecule has 0 saturated carbocycles. The van der Waals surface area contributed by atoms with Gasteiger partial charge < -0.3 is 34.4 Å². The summed E-state index contributed by atoms with van der Waals surface area (Å²) in [5, 5.41) is 38.8. The van der Waals surface area contributed by atoms with Gasteiger partial charge in [-0.1, -0.05) is 30.3 Å². The van der Waals surface area contributed by atoms with Crippen molar-refractivity contribution in [2.75, 3.05) is 6.61 Å². The summed E-state index contributed by atoms with van der Waals surface area (Å²) in [5.74, 6) is 0. The fourth-order valence-corrected chi connectivity index (χ4v) is 2.62. The molecule has 2 aliphatic heterocycles. The molecule has 2 saturated heterocycles. The molecule has 4 N–H and O–H groups in total. The minimum atomic E-state index is -2.72. The van der Waals surface area contributed by atoms with Gasteiger partial charge in [0.05, 0.1) is 12.7 Å². The molecule has 20 heavy (non-hydrogen) atoms. The van der Waals surface area contributed by atoms with E-state index in [1.807, 2.05) is 0 Å². The smallest absolute Gasteiger partial charge is 0.409 e. The molecule has 0 aliphatic carbocycles. The average Bonchev–Trinajstić information content (AvgIpc) is 2.95. The number of rotatable bonds is 3. The molecule has 2 fully saturated rings. The Morgan fingerprint density at radius 2 is 1.90 bits per heavy atom. The van der Waals surface area contributed by atoms with E-state index in [-0.39, 0.29) is 0 Å². The molecule has 0 radical (unpaired) electrons. The van der Waals surface area contributed by atoms with Crippen molar-refractivity contribution in [1.82, 2.24) is 0 Å². The summed E-state index contributed by atoms with van der Waals surface area (Å²) in [5.41, 5.74) is 0.442. The first-order chi connectivity index (χ1) is 9.55. The highest BCUT2D eigenvalue weighted by atomic mass is 16.8. The third-order valence-corrected chi connectivity index (χ3v) is 3.68. The number of aliphatic hydroxyl groups excluding tert-OH is 3. The van der Waals surface area contributed by atoms with E-state index in [0.29, 0.717) is 5.46 Å². The van der Waals surface area contributed by atoms with Crippen molar-refractivity contribution in [2.45, 2.75) is 30.7 Å². The summed E-state index contributed by atoms with van der Waals surface area (Å²) in [6, 6.07) is 8.54. The molecule has 7 nitrogen and oxygen atoms in total. The van der Waals surface area contributed by atoms with E-state index < -0.39 is 44.1 Å². The van der Waals surface area contributed by atoms with Gasteiger partial charge in [-0.15, -0.1) is 5.46 Å². The van der Waals surface area contributed by atoms with Crippen LogP contribution in [0.25, 0.3) is 0 Å². The summed E-state index contributed by atoms with van der Waals surface area (Å²) < 4.78 is 16.1. The Labute approximate surface area is 115 Å². The lowest BCUT2D eigenvalue weighted by Crippen LogP contribution is -2.53. The van der Waals surface area contributed by atoms with Gasteiger partial charge in [0.15, 0.2) is 0 Å². The van der Waals surface area contributed by atoms with Gasteiger partial charge in [0.1, 0.15) is 24.6 Å². The van der Waals surface area contributed by atoms with Gasteiger partial charge in [0.2, 0.25) is 0 Å². The fraction of sp³-hybridized carbons (Fsp3) is 0.500. The van der Waals surface area contributed by atoms with E-state index in [1.54, 1.807) is 30.3 Å². The summed E-state index contributed by atoms with van der Waals surface area (Å²) in [7, 11) is 0. The van der Waals surface area contributed by atoms with Crippen molar-refractivity contribution >= 4 is 12.2 Å². The highest BCUT2D eigenvalue weighted by Crippen LogP contribution is 2.35. The van der Waals surface area contributed by atoms with Gasteiger partial charge in [0, 0.05) is 0 Å². The van der Waals surface area contributed by atoms with E-state index in [2.05, 4.69) is 0 Å². The van der Waals surface area contributed by atoms with E-state index in [4.69, 9.17) is 19.2 Å². The number of benzene rings is 1. The Balaban J connectivity index is 1.77. The molecule has 0 spiro atoms. The van der Waals surface area contributed by atoms with Crippen LogP contribution in [0, 0.1) is 0 Å². The van der Waals surface area contributed by atoms with Gasteiger partial charge in [0.25, 0.3) is 0 Å². The molecule has 0 aromatic heterocycles. The number of ether oxygens (including phenoxy) is 1. The molecule has 1 aromatic carbocycles. The standard InChI is InChI=1S/C12H16BO7/c14-6-8(15)10-9(16)11-12(18-10)20-13(17,19-11)7-4-2-1-3-5-7/h1-5,8-12,14-17H,6H2/q-1. The second-order valence-electron chi connectivity index (χ2n) is 5.03. The van der Waals surface area contributed by atoms with Crippen molar-refractivity contribution in [1.29, 1.82) is 0 Å². The quantitative estimate of drug-likeness (QED) is 0.461. The Bertz CT molecular complexity index is 472. The first-order valence-corrected chi connectivity index (χ1v) is 6.45. The summed E-state index contributed by atoms with van der Waals surface area (Å²) in [4.78, 5) is 0. The first-order valence-electron chi connectivity index (χ1n) is 6.45. The third kappa shape index (κ3) is 2.15. The van der Waals surface area contributed by atoms with Gasteiger partial charge in [-0.2, -0.15) is 0 Å². The zero-order valence-corrected chi connectivity index (χ0v) is 10.6. The van der Waals surface area contributed by atoms with Crippen LogP contribution in [0.2, 0.25) is 0 Å². The van der Waals surface area contributed by atoms with Crippen molar-refractivity contribution in [3.8, 4) is 0 Å². The highest BCUT2D eigenvalue weighted by Gasteiger charge is 2.54.